The van der Waals surface area contributed by atoms with Crippen LogP contribution in [-0.2, 0) is 23.9 Å². The molecule has 0 aliphatic heterocycles. The predicted molar refractivity (Wildman–Crippen MR) is 143 cm³/mol. The monoisotopic (exact) mass is 531 g/mol. The summed E-state index contributed by atoms with van der Waals surface area (Å²) in [6.07, 6.45) is 5.39. The number of rotatable bonds is 13. The van der Waals surface area contributed by atoms with Crippen molar-refractivity contribution in [3.8, 4) is 12.3 Å². The van der Waals surface area contributed by atoms with Crippen LogP contribution in [0.3, 0.4) is 0 Å². The highest BCUT2D eigenvalue weighted by atomic mass is 16.6. The second-order valence-electron chi connectivity index (χ2n) is 9.74. The van der Waals surface area contributed by atoms with Gasteiger partial charge in [-0.15, -0.1) is 6.42 Å². The summed E-state index contributed by atoms with van der Waals surface area (Å²) in [6.45, 7) is 9.98. The number of carbonyl (C=O) groups excluding carboxylic acids is 4. The van der Waals surface area contributed by atoms with Crippen LogP contribution in [0.4, 0.5) is 4.79 Å². The van der Waals surface area contributed by atoms with Crippen molar-refractivity contribution in [2.45, 2.75) is 72.1 Å². The number of ether oxygens (including phenoxy) is 2. The third kappa shape index (κ3) is 10.1. The lowest BCUT2D eigenvalue weighted by molar-refractivity contribution is -0.145. The van der Waals surface area contributed by atoms with Crippen molar-refractivity contribution >= 4 is 23.9 Å². The highest BCUT2D eigenvalue weighted by Crippen LogP contribution is 2.27. The average molecular weight is 532 g/mol. The minimum absolute atomic E-state index is 0.0293. The maximum Gasteiger partial charge on any atom is 0.408 e. The van der Waals surface area contributed by atoms with E-state index in [1.54, 1.807) is 58.9 Å². The number of terminal acetylenes is 1. The quantitative estimate of drug-likeness (QED) is 0.263. The molecule has 3 atom stereocenters. The van der Waals surface area contributed by atoms with Crippen LogP contribution in [0.2, 0.25) is 0 Å². The fourth-order valence-corrected chi connectivity index (χ4v) is 3.71. The molecule has 3 N–H and O–H groups in total. The first kappa shape index (κ1) is 32.4. The molecule has 10 nitrogen and oxygen atoms in total. The number of alkyl carbamates (subject to hydrolysis) is 1. The van der Waals surface area contributed by atoms with Crippen LogP contribution in [0.25, 0.3) is 0 Å². The second kappa shape index (κ2) is 15.6. The number of nitrogens with one attached hydrogen (secondary N) is 2. The zero-order valence-corrected chi connectivity index (χ0v) is 23.2. The van der Waals surface area contributed by atoms with Crippen LogP contribution >= 0.6 is 0 Å². The lowest BCUT2D eigenvalue weighted by Crippen LogP contribution is -2.56. The van der Waals surface area contributed by atoms with Crippen LogP contribution in [0.5, 0.6) is 0 Å². The maximum atomic E-state index is 14.0. The Morgan fingerprint density at radius 3 is 2.37 bits per heavy atom. The highest BCUT2D eigenvalue weighted by Gasteiger charge is 2.38. The van der Waals surface area contributed by atoms with Gasteiger partial charge in [-0.2, -0.15) is 0 Å². The SMILES string of the molecule is C#Cc1ccccc1C(C(=O)NCCC(=O)OCC)N(CCO)C(=O)C(NC(=O)OC(C)(C)C)C(C)CC. The van der Waals surface area contributed by atoms with E-state index in [4.69, 9.17) is 15.9 Å². The fourth-order valence-electron chi connectivity index (χ4n) is 3.71. The largest absolute Gasteiger partial charge is 0.466 e. The molecule has 0 saturated heterocycles. The van der Waals surface area contributed by atoms with E-state index in [0.717, 1.165) is 0 Å². The first-order valence-corrected chi connectivity index (χ1v) is 12.8. The molecule has 0 saturated carbocycles. The van der Waals surface area contributed by atoms with E-state index in [2.05, 4.69) is 16.6 Å². The molecule has 0 bridgehead atoms. The van der Waals surface area contributed by atoms with Gasteiger partial charge in [0, 0.05) is 18.7 Å². The smallest absolute Gasteiger partial charge is 0.408 e. The van der Waals surface area contributed by atoms with E-state index in [-0.39, 0.29) is 32.0 Å². The van der Waals surface area contributed by atoms with Gasteiger partial charge in [-0.05, 0) is 45.2 Å². The molecule has 3 amide bonds. The maximum absolute atomic E-state index is 14.0. The lowest BCUT2D eigenvalue weighted by atomic mass is 9.94. The van der Waals surface area contributed by atoms with Crippen molar-refractivity contribution in [1.29, 1.82) is 0 Å². The third-order valence-electron chi connectivity index (χ3n) is 5.68. The Morgan fingerprint density at radius 2 is 1.82 bits per heavy atom. The van der Waals surface area contributed by atoms with E-state index >= 15 is 0 Å². The Labute approximate surface area is 225 Å². The third-order valence-corrected chi connectivity index (χ3v) is 5.68. The minimum Gasteiger partial charge on any atom is -0.466 e. The minimum atomic E-state index is -1.24. The standard InChI is InChI=1S/C28H41N3O7/c1-8-19(4)23(30-27(36)38-28(5,6)7)26(35)31(17-18-32)24(21-14-12-11-13-20(21)9-2)25(34)29-16-15-22(33)37-10-3/h2,11-14,19,23-24,32H,8,10,15-18H2,1,3-7H3,(H,29,34)(H,30,36). The zero-order chi connectivity index (χ0) is 28.9. The summed E-state index contributed by atoms with van der Waals surface area (Å²) < 4.78 is 10.3. The van der Waals surface area contributed by atoms with Crippen LogP contribution in [0.15, 0.2) is 24.3 Å². The van der Waals surface area contributed by atoms with Gasteiger partial charge in [-0.25, -0.2) is 4.79 Å². The van der Waals surface area contributed by atoms with Gasteiger partial charge in [0.15, 0.2) is 0 Å². The van der Waals surface area contributed by atoms with Crippen molar-refractivity contribution in [1.82, 2.24) is 15.5 Å². The van der Waals surface area contributed by atoms with E-state index < -0.39 is 48.2 Å². The number of benzene rings is 1. The summed E-state index contributed by atoms with van der Waals surface area (Å²) in [5.74, 6) is 0.546. The number of aliphatic hydroxyl groups excluding tert-OH is 1. The number of aliphatic hydroxyl groups is 1. The van der Waals surface area contributed by atoms with Gasteiger partial charge in [0.2, 0.25) is 11.8 Å². The van der Waals surface area contributed by atoms with Crippen LogP contribution in [0, 0.1) is 18.3 Å². The molecule has 0 fully saturated rings. The fraction of sp³-hybridized carbons (Fsp3) is 0.571. The Hall–Kier alpha value is -3.58. The summed E-state index contributed by atoms with van der Waals surface area (Å²) in [5, 5.41) is 15.2. The van der Waals surface area contributed by atoms with Crippen molar-refractivity contribution < 1.29 is 33.8 Å². The molecule has 1 aromatic rings. The topological polar surface area (TPSA) is 134 Å². The number of hydrogen-bond acceptors (Lipinski definition) is 7. The van der Waals surface area contributed by atoms with Crippen LogP contribution in [0.1, 0.15) is 71.6 Å². The van der Waals surface area contributed by atoms with Crippen molar-refractivity contribution in [3.63, 3.8) is 0 Å². The van der Waals surface area contributed by atoms with Crippen molar-refractivity contribution in [3.05, 3.63) is 35.4 Å². The van der Waals surface area contributed by atoms with Gasteiger partial charge in [0.05, 0.1) is 19.6 Å². The van der Waals surface area contributed by atoms with Crippen molar-refractivity contribution in [2.75, 3.05) is 26.3 Å². The first-order chi connectivity index (χ1) is 17.9. The van der Waals surface area contributed by atoms with E-state index in [0.29, 0.717) is 17.5 Å². The number of carbonyl (C=O) groups is 4. The summed E-state index contributed by atoms with van der Waals surface area (Å²) >= 11 is 0. The molecule has 0 aliphatic rings. The predicted octanol–water partition coefficient (Wildman–Crippen LogP) is 2.54. The Balaban J connectivity index is 3.46. The molecule has 38 heavy (non-hydrogen) atoms. The summed E-state index contributed by atoms with van der Waals surface area (Å²) in [7, 11) is 0. The molecule has 10 heteroatoms. The molecule has 0 spiro atoms. The molecular formula is C28H41N3O7. The van der Waals surface area contributed by atoms with E-state index in [1.807, 2.05) is 6.92 Å². The Kier molecular flexibility index (Phi) is 13.3. The number of amides is 3. The summed E-state index contributed by atoms with van der Waals surface area (Å²) in [4.78, 5) is 53.0. The zero-order valence-electron chi connectivity index (χ0n) is 23.2. The van der Waals surface area contributed by atoms with Gasteiger partial charge in [0.1, 0.15) is 17.7 Å². The average Bonchev–Trinajstić information content (AvgIpc) is 2.85. The van der Waals surface area contributed by atoms with Gasteiger partial charge in [-0.1, -0.05) is 44.4 Å². The first-order valence-electron chi connectivity index (χ1n) is 12.8. The lowest BCUT2D eigenvalue weighted by Gasteiger charge is -2.36. The van der Waals surface area contributed by atoms with Gasteiger partial charge in [-0.3, -0.25) is 14.4 Å². The van der Waals surface area contributed by atoms with E-state index in [9.17, 15) is 24.3 Å². The second-order valence-corrected chi connectivity index (χ2v) is 9.74. The normalized spacial score (nSPS) is 13.3. The van der Waals surface area contributed by atoms with Crippen LogP contribution in [-0.4, -0.2) is 71.8 Å². The molecular weight excluding hydrogens is 490 g/mol. The number of nitrogens with zero attached hydrogens (tertiary/aromatic N) is 1. The van der Waals surface area contributed by atoms with E-state index in [1.165, 1.54) is 4.90 Å². The number of hydrogen-bond donors (Lipinski definition) is 3. The van der Waals surface area contributed by atoms with Crippen molar-refractivity contribution in [2.24, 2.45) is 5.92 Å². The van der Waals surface area contributed by atoms with Crippen LogP contribution < -0.4 is 10.6 Å². The summed E-state index contributed by atoms with van der Waals surface area (Å²) in [6, 6.07) is 4.37. The van der Waals surface area contributed by atoms with Gasteiger partial charge >= 0.3 is 12.1 Å². The Bertz CT molecular complexity index is 997. The molecule has 0 radical (unpaired) electrons. The molecule has 3 unspecified atom stereocenters. The summed E-state index contributed by atoms with van der Waals surface area (Å²) in [5.41, 5.74) is -0.0371. The molecule has 1 aromatic carbocycles. The Morgan fingerprint density at radius 1 is 1.16 bits per heavy atom. The molecule has 1 rings (SSSR count). The molecule has 0 aliphatic carbocycles. The highest BCUT2D eigenvalue weighted by molar-refractivity contribution is 5.92. The number of esters is 1. The molecule has 210 valence electrons. The molecule has 0 aromatic heterocycles. The molecule has 0 heterocycles. The van der Waals surface area contributed by atoms with Gasteiger partial charge in [0.25, 0.3) is 0 Å². The van der Waals surface area contributed by atoms with Gasteiger partial charge < -0.3 is 30.1 Å².